The molecule has 0 aliphatic rings. The lowest BCUT2D eigenvalue weighted by molar-refractivity contribution is -0.107. The van der Waals surface area contributed by atoms with Crippen LogP contribution < -0.4 is 0 Å². The van der Waals surface area contributed by atoms with Crippen molar-refractivity contribution in [2.45, 2.75) is 6.42 Å². The van der Waals surface area contributed by atoms with E-state index in [1.165, 1.54) is 0 Å². The summed E-state index contributed by atoms with van der Waals surface area (Å²) in [6.07, 6.45) is 3.23. The molecule has 19 heavy (non-hydrogen) atoms. The van der Waals surface area contributed by atoms with Gasteiger partial charge >= 0.3 is 0 Å². The quantitative estimate of drug-likeness (QED) is 0.570. The molecule has 0 saturated carbocycles. The predicted octanol–water partition coefficient (Wildman–Crippen LogP) is 4.26. The van der Waals surface area contributed by atoms with E-state index in [4.69, 9.17) is 0 Å². The normalized spacial score (nSPS) is 9.68. The Bertz CT molecular complexity index is 538. The van der Waals surface area contributed by atoms with Crippen LogP contribution in [0.1, 0.15) is 17.5 Å². The van der Waals surface area contributed by atoms with Crippen LogP contribution in [0.15, 0.2) is 78.9 Å². The zero-order chi connectivity index (χ0) is 13.5. The third-order valence-corrected chi connectivity index (χ3v) is 2.86. The molecule has 0 aliphatic carbocycles. The molecular formula is C18H16O. The first-order chi connectivity index (χ1) is 9.31. The number of allylic oxidation sites excluding steroid dienone is 2. The van der Waals surface area contributed by atoms with Crippen LogP contribution in [-0.2, 0) is 4.79 Å². The predicted molar refractivity (Wildman–Crippen MR) is 79.8 cm³/mol. The van der Waals surface area contributed by atoms with Gasteiger partial charge in [-0.2, -0.15) is 0 Å². The third-order valence-electron chi connectivity index (χ3n) is 2.86. The lowest BCUT2D eigenvalue weighted by Crippen LogP contribution is -1.89. The van der Waals surface area contributed by atoms with E-state index >= 15 is 0 Å². The molecule has 0 spiro atoms. The fraction of sp³-hybridized carbons (Fsp3) is 0.0556. The largest absolute Gasteiger partial charge is 0.303 e. The molecule has 2 aromatic rings. The van der Waals surface area contributed by atoms with Gasteiger partial charge in [0.25, 0.3) is 0 Å². The second-order valence-corrected chi connectivity index (χ2v) is 4.32. The van der Waals surface area contributed by atoms with Gasteiger partial charge in [0.05, 0.1) is 0 Å². The molecule has 1 nitrogen and oxygen atoms in total. The van der Waals surface area contributed by atoms with Gasteiger partial charge in [0, 0.05) is 6.42 Å². The first-order valence-corrected chi connectivity index (χ1v) is 6.25. The molecule has 2 rings (SSSR count). The molecule has 0 bridgehead atoms. The maximum Gasteiger partial charge on any atom is 0.124 e. The molecule has 0 heterocycles. The van der Waals surface area contributed by atoms with E-state index in [-0.39, 0.29) is 0 Å². The number of benzene rings is 2. The first kappa shape index (κ1) is 13.0. The average Bonchev–Trinajstić information content (AvgIpc) is 2.47. The van der Waals surface area contributed by atoms with Crippen molar-refractivity contribution >= 4 is 11.9 Å². The second kappa shape index (κ2) is 6.50. The summed E-state index contributed by atoms with van der Waals surface area (Å²) in [6.45, 7) is 3.93. The number of carbonyl (C=O) groups excluding carboxylic acids is 1. The average molecular weight is 248 g/mol. The van der Waals surface area contributed by atoms with Crippen LogP contribution in [-0.4, -0.2) is 6.29 Å². The van der Waals surface area contributed by atoms with Crippen molar-refractivity contribution in [3.8, 4) is 0 Å². The minimum Gasteiger partial charge on any atom is -0.303 e. The molecule has 0 fully saturated rings. The highest BCUT2D eigenvalue weighted by atomic mass is 16.1. The smallest absolute Gasteiger partial charge is 0.124 e. The maximum atomic E-state index is 10.6. The number of hydrogen-bond acceptors (Lipinski definition) is 1. The Morgan fingerprint density at radius 1 is 0.895 bits per heavy atom. The van der Waals surface area contributed by atoms with Gasteiger partial charge in [-0.15, -0.1) is 0 Å². The Balaban J connectivity index is 2.46. The third kappa shape index (κ3) is 3.52. The number of hydrogen-bond donors (Lipinski definition) is 0. The minimum atomic E-state index is 0.364. The Morgan fingerprint density at radius 2 is 1.37 bits per heavy atom. The van der Waals surface area contributed by atoms with Crippen molar-refractivity contribution in [1.29, 1.82) is 0 Å². The Kier molecular flexibility index (Phi) is 4.46. The van der Waals surface area contributed by atoms with Crippen molar-refractivity contribution in [2.24, 2.45) is 0 Å². The molecule has 1 heteroatoms. The highest BCUT2D eigenvalue weighted by Gasteiger charge is 2.04. The van der Waals surface area contributed by atoms with Gasteiger partial charge in [-0.3, -0.25) is 0 Å². The molecule has 94 valence electrons. The first-order valence-electron chi connectivity index (χ1n) is 6.25. The van der Waals surface area contributed by atoms with E-state index in [9.17, 15) is 4.79 Å². The summed E-state index contributed by atoms with van der Waals surface area (Å²) in [5.41, 5.74) is 4.16. The topological polar surface area (TPSA) is 17.1 Å². The van der Waals surface area contributed by atoms with Gasteiger partial charge in [0.1, 0.15) is 6.29 Å². The summed E-state index contributed by atoms with van der Waals surface area (Å²) in [5, 5.41) is 0. The Hall–Kier alpha value is -2.41. The summed E-state index contributed by atoms with van der Waals surface area (Å²) < 4.78 is 0. The van der Waals surface area contributed by atoms with Gasteiger partial charge < -0.3 is 4.79 Å². The van der Waals surface area contributed by atoms with Gasteiger partial charge in [-0.1, -0.05) is 73.3 Å². The molecule has 0 amide bonds. The molecule has 0 unspecified atom stereocenters. The van der Waals surface area contributed by atoms with E-state index in [1.807, 2.05) is 42.5 Å². The lowest BCUT2D eigenvalue weighted by Gasteiger charge is -2.09. The molecule has 0 saturated heterocycles. The lowest BCUT2D eigenvalue weighted by atomic mass is 9.95. The summed E-state index contributed by atoms with van der Waals surface area (Å²) in [6, 6.07) is 20.3. The maximum absolute atomic E-state index is 10.6. The Labute approximate surface area is 113 Å². The van der Waals surface area contributed by atoms with Crippen LogP contribution >= 0.6 is 0 Å². The zero-order valence-electron chi connectivity index (χ0n) is 10.8. The summed E-state index contributed by atoms with van der Waals surface area (Å²) >= 11 is 0. The van der Waals surface area contributed by atoms with Gasteiger partial charge in [-0.25, -0.2) is 0 Å². The van der Waals surface area contributed by atoms with Crippen molar-refractivity contribution in [1.82, 2.24) is 0 Å². The monoisotopic (exact) mass is 248 g/mol. The van der Waals surface area contributed by atoms with E-state index < -0.39 is 0 Å². The van der Waals surface area contributed by atoms with Crippen LogP contribution in [0.3, 0.4) is 0 Å². The molecule has 2 aromatic carbocycles. The van der Waals surface area contributed by atoms with Gasteiger partial charge in [0.15, 0.2) is 0 Å². The summed E-state index contributed by atoms with van der Waals surface area (Å²) in [5.74, 6) is 0. The SMILES string of the molecule is C=C(C=C(c1ccccc1)c1ccccc1)CC=O. The van der Waals surface area contributed by atoms with Crippen molar-refractivity contribution < 1.29 is 4.79 Å². The second-order valence-electron chi connectivity index (χ2n) is 4.32. The van der Waals surface area contributed by atoms with E-state index in [1.54, 1.807) is 0 Å². The molecule has 0 atom stereocenters. The highest BCUT2D eigenvalue weighted by Crippen LogP contribution is 2.24. The molecule has 0 N–H and O–H groups in total. The fourth-order valence-corrected chi connectivity index (χ4v) is 1.94. The van der Waals surface area contributed by atoms with Crippen molar-refractivity contribution in [3.63, 3.8) is 0 Å². The van der Waals surface area contributed by atoms with E-state index in [2.05, 4.69) is 30.8 Å². The number of rotatable bonds is 5. The van der Waals surface area contributed by atoms with E-state index in [0.717, 1.165) is 28.6 Å². The van der Waals surface area contributed by atoms with Crippen LogP contribution in [0.4, 0.5) is 0 Å². The van der Waals surface area contributed by atoms with Crippen LogP contribution in [0.5, 0.6) is 0 Å². The van der Waals surface area contributed by atoms with E-state index in [0.29, 0.717) is 6.42 Å². The molecule has 0 radical (unpaired) electrons. The molecule has 0 aliphatic heterocycles. The zero-order valence-corrected chi connectivity index (χ0v) is 10.8. The molecule has 0 aromatic heterocycles. The van der Waals surface area contributed by atoms with Crippen LogP contribution in [0, 0.1) is 0 Å². The van der Waals surface area contributed by atoms with Crippen LogP contribution in [0.2, 0.25) is 0 Å². The van der Waals surface area contributed by atoms with Gasteiger partial charge in [-0.05, 0) is 22.3 Å². The fourth-order valence-electron chi connectivity index (χ4n) is 1.94. The van der Waals surface area contributed by atoms with Crippen molar-refractivity contribution in [3.05, 3.63) is 90.0 Å². The van der Waals surface area contributed by atoms with Gasteiger partial charge in [0.2, 0.25) is 0 Å². The number of aldehydes is 1. The summed E-state index contributed by atoms with van der Waals surface area (Å²) in [7, 11) is 0. The number of carbonyl (C=O) groups is 1. The molecular weight excluding hydrogens is 232 g/mol. The minimum absolute atomic E-state index is 0.364. The van der Waals surface area contributed by atoms with Crippen molar-refractivity contribution in [2.75, 3.05) is 0 Å². The highest BCUT2D eigenvalue weighted by molar-refractivity contribution is 5.81. The van der Waals surface area contributed by atoms with Crippen LogP contribution in [0.25, 0.3) is 5.57 Å². The standard InChI is InChI=1S/C18H16O/c1-15(12-13-19)14-18(16-8-4-2-5-9-16)17-10-6-3-7-11-17/h2-11,13-14H,1,12H2. The Morgan fingerprint density at radius 3 is 1.79 bits per heavy atom. The summed E-state index contributed by atoms with van der Waals surface area (Å²) in [4.78, 5) is 10.6.